The van der Waals surface area contributed by atoms with Crippen LogP contribution < -0.4 is 10.0 Å². The van der Waals surface area contributed by atoms with E-state index in [2.05, 4.69) is 20.2 Å². The second-order valence-corrected chi connectivity index (χ2v) is 9.06. The van der Waals surface area contributed by atoms with E-state index in [4.69, 9.17) is 0 Å². The molecule has 1 amide bonds. The van der Waals surface area contributed by atoms with Crippen LogP contribution in [0.5, 0.6) is 0 Å². The Morgan fingerprint density at radius 3 is 2.48 bits per heavy atom. The molecule has 33 heavy (non-hydrogen) atoms. The molecule has 0 aliphatic heterocycles. The minimum Gasteiger partial charge on any atom is -0.354 e. The molecule has 4 aromatic rings. The molecule has 10 heteroatoms. The lowest BCUT2D eigenvalue weighted by Crippen LogP contribution is -2.48. The number of benzene rings is 2. The summed E-state index contributed by atoms with van der Waals surface area (Å²) in [5, 5.41) is 10.9. The first-order valence-electron chi connectivity index (χ1n) is 10.3. The second kappa shape index (κ2) is 9.88. The molecular formula is C23H22FN5O3S. The average Bonchev–Trinajstić information content (AvgIpc) is 3.22. The monoisotopic (exact) mass is 467 g/mol. The van der Waals surface area contributed by atoms with Crippen molar-refractivity contribution in [3.05, 3.63) is 96.2 Å². The average molecular weight is 468 g/mol. The lowest BCUT2D eigenvalue weighted by atomic mass is 10.1. The van der Waals surface area contributed by atoms with Crippen molar-refractivity contribution in [2.45, 2.75) is 23.8 Å². The maximum absolute atomic E-state index is 14.1. The van der Waals surface area contributed by atoms with Gasteiger partial charge in [0.2, 0.25) is 15.9 Å². The highest BCUT2D eigenvalue weighted by Crippen LogP contribution is 2.15. The summed E-state index contributed by atoms with van der Waals surface area (Å²) in [5.41, 5.74) is 1.45. The third-order valence-corrected chi connectivity index (χ3v) is 6.56. The first-order valence-corrected chi connectivity index (χ1v) is 11.8. The van der Waals surface area contributed by atoms with Crippen molar-refractivity contribution in [2.75, 3.05) is 6.54 Å². The van der Waals surface area contributed by atoms with E-state index in [0.29, 0.717) is 17.9 Å². The van der Waals surface area contributed by atoms with Crippen molar-refractivity contribution in [3.63, 3.8) is 0 Å². The van der Waals surface area contributed by atoms with Gasteiger partial charge in [-0.2, -0.15) is 4.72 Å². The molecule has 170 valence electrons. The van der Waals surface area contributed by atoms with Gasteiger partial charge in [0.1, 0.15) is 22.6 Å². The highest BCUT2D eigenvalue weighted by atomic mass is 32.2. The summed E-state index contributed by atoms with van der Waals surface area (Å²) in [4.78, 5) is 12.5. The maximum atomic E-state index is 14.1. The van der Waals surface area contributed by atoms with E-state index in [1.807, 2.05) is 34.9 Å². The molecule has 0 aliphatic rings. The lowest BCUT2D eigenvalue weighted by Gasteiger charge is -2.19. The molecule has 4 rings (SSSR count). The van der Waals surface area contributed by atoms with Gasteiger partial charge >= 0.3 is 0 Å². The van der Waals surface area contributed by atoms with Gasteiger partial charge in [-0.3, -0.25) is 9.20 Å². The van der Waals surface area contributed by atoms with Gasteiger partial charge in [0.25, 0.3) is 0 Å². The summed E-state index contributed by atoms with van der Waals surface area (Å²) < 4.78 is 43.9. The molecule has 0 bridgehead atoms. The molecule has 2 aromatic carbocycles. The quantitative estimate of drug-likeness (QED) is 0.392. The number of hydrogen-bond acceptors (Lipinski definition) is 5. The zero-order chi connectivity index (χ0) is 23.3. The Morgan fingerprint density at radius 2 is 1.70 bits per heavy atom. The number of carbonyl (C=O) groups excluding carboxylic acids is 1. The van der Waals surface area contributed by atoms with Gasteiger partial charge in [-0.15, -0.1) is 10.2 Å². The first-order chi connectivity index (χ1) is 15.9. The smallest absolute Gasteiger partial charge is 0.244 e. The topological polar surface area (TPSA) is 105 Å². The molecule has 0 radical (unpaired) electrons. The molecular weight excluding hydrogens is 445 g/mol. The van der Waals surface area contributed by atoms with E-state index < -0.39 is 32.7 Å². The Hall–Kier alpha value is -3.63. The van der Waals surface area contributed by atoms with E-state index >= 15 is 0 Å². The fourth-order valence-corrected chi connectivity index (χ4v) is 4.71. The lowest BCUT2D eigenvalue weighted by molar-refractivity contribution is -0.122. The van der Waals surface area contributed by atoms with Crippen LogP contribution in [0.4, 0.5) is 4.39 Å². The Kier molecular flexibility index (Phi) is 6.76. The van der Waals surface area contributed by atoms with Crippen LogP contribution in [0.1, 0.15) is 11.4 Å². The third kappa shape index (κ3) is 5.41. The molecule has 1 unspecified atom stereocenters. The molecule has 0 saturated heterocycles. The van der Waals surface area contributed by atoms with Gasteiger partial charge in [-0.25, -0.2) is 12.8 Å². The molecule has 2 aromatic heterocycles. The SMILES string of the molecule is O=C(NCCc1nnc2ccccn12)C(Cc1ccccc1)NS(=O)(=O)c1ccccc1F. The number of sulfonamides is 1. The fourth-order valence-electron chi connectivity index (χ4n) is 3.43. The maximum Gasteiger partial charge on any atom is 0.244 e. The number of fused-ring (bicyclic) bond motifs is 1. The predicted molar refractivity (Wildman–Crippen MR) is 120 cm³/mol. The minimum atomic E-state index is -4.26. The second-order valence-electron chi connectivity index (χ2n) is 7.38. The van der Waals surface area contributed by atoms with E-state index in [0.717, 1.165) is 17.7 Å². The summed E-state index contributed by atoms with van der Waals surface area (Å²) in [6.45, 7) is 0.223. The van der Waals surface area contributed by atoms with Crippen LogP contribution in [0.3, 0.4) is 0 Å². The van der Waals surface area contributed by atoms with Crippen molar-refractivity contribution < 1.29 is 17.6 Å². The van der Waals surface area contributed by atoms with Crippen LogP contribution in [-0.2, 0) is 27.7 Å². The third-order valence-electron chi connectivity index (χ3n) is 5.05. The number of nitrogens with one attached hydrogen (secondary N) is 2. The fraction of sp³-hybridized carbons (Fsp3) is 0.174. The van der Waals surface area contributed by atoms with Crippen LogP contribution in [0.25, 0.3) is 5.65 Å². The molecule has 0 aliphatic carbocycles. The number of halogens is 1. The summed E-state index contributed by atoms with van der Waals surface area (Å²) >= 11 is 0. The summed E-state index contributed by atoms with van der Waals surface area (Å²) in [7, 11) is -4.26. The molecule has 0 spiro atoms. The van der Waals surface area contributed by atoms with Gasteiger partial charge in [0.15, 0.2) is 5.65 Å². The predicted octanol–water partition coefficient (Wildman–Crippen LogP) is 2.12. The van der Waals surface area contributed by atoms with Crippen LogP contribution >= 0.6 is 0 Å². The normalized spacial score (nSPS) is 12.5. The summed E-state index contributed by atoms with van der Waals surface area (Å²) in [6.07, 6.45) is 2.33. The number of hydrogen-bond donors (Lipinski definition) is 2. The highest BCUT2D eigenvalue weighted by Gasteiger charge is 2.27. The zero-order valence-corrected chi connectivity index (χ0v) is 18.4. The molecule has 0 fully saturated rings. The molecule has 1 atom stereocenters. The molecule has 2 N–H and O–H groups in total. The van der Waals surface area contributed by atoms with Gasteiger partial charge in [0, 0.05) is 19.2 Å². The molecule has 2 heterocycles. The van der Waals surface area contributed by atoms with Crippen molar-refractivity contribution in [1.82, 2.24) is 24.6 Å². The number of pyridine rings is 1. The molecule has 0 saturated carbocycles. The van der Waals surface area contributed by atoms with Gasteiger partial charge in [-0.05, 0) is 36.2 Å². The zero-order valence-electron chi connectivity index (χ0n) is 17.6. The first kappa shape index (κ1) is 22.6. The van der Waals surface area contributed by atoms with Crippen LogP contribution in [0.15, 0.2) is 83.9 Å². The van der Waals surface area contributed by atoms with Crippen molar-refractivity contribution in [2.24, 2.45) is 0 Å². The van der Waals surface area contributed by atoms with Crippen LogP contribution in [0, 0.1) is 5.82 Å². The molecule has 8 nitrogen and oxygen atoms in total. The van der Waals surface area contributed by atoms with E-state index in [1.165, 1.54) is 12.1 Å². The van der Waals surface area contributed by atoms with E-state index in [-0.39, 0.29) is 13.0 Å². The van der Waals surface area contributed by atoms with E-state index in [1.54, 1.807) is 24.3 Å². The number of aromatic nitrogens is 3. The van der Waals surface area contributed by atoms with Crippen molar-refractivity contribution in [3.8, 4) is 0 Å². The standard InChI is InChI=1S/C23H22FN5O3S/c24-18-10-4-5-11-20(18)33(31,32)28-19(16-17-8-2-1-3-9-17)23(30)25-14-13-22-27-26-21-12-6-7-15-29(21)22/h1-12,15,19,28H,13-14,16H2,(H,25,30). The Balaban J connectivity index is 1.49. The number of nitrogens with zero attached hydrogens (tertiary/aromatic N) is 3. The summed E-state index contributed by atoms with van der Waals surface area (Å²) in [6, 6.07) is 18.4. The Bertz CT molecular complexity index is 1360. The van der Waals surface area contributed by atoms with E-state index in [9.17, 15) is 17.6 Å². The van der Waals surface area contributed by atoms with Gasteiger partial charge in [0.05, 0.1) is 0 Å². The highest BCUT2D eigenvalue weighted by molar-refractivity contribution is 7.89. The van der Waals surface area contributed by atoms with Crippen LogP contribution in [0.2, 0.25) is 0 Å². The number of carbonyl (C=O) groups is 1. The Morgan fingerprint density at radius 1 is 0.970 bits per heavy atom. The number of rotatable bonds is 9. The van der Waals surface area contributed by atoms with Crippen molar-refractivity contribution >= 4 is 21.6 Å². The van der Waals surface area contributed by atoms with Crippen molar-refractivity contribution in [1.29, 1.82) is 0 Å². The van der Waals surface area contributed by atoms with Gasteiger partial charge in [-0.1, -0.05) is 48.5 Å². The van der Waals surface area contributed by atoms with Crippen LogP contribution in [-0.4, -0.2) is 41.5 Å². The van der Waals surface area contributed by atoms with Gasteiger partial charge < -0.3 is 5.32 Å². The largest absolute Gasteiger partial charge is 0.354 e. The summed E-state index contributed by atoms with van der Waals surface area (Å²) in [5.74, 6) is -0.743. The minimum absolute atomic E-state index is 0.105. The number of amides is 1. The Labute approximate surface area is 190 Å².